The Morgan fingerprint density at radius 1 is 1.37 bits per heavy atom. The number of aromatic nitrogens is 1. The highest BCUT2D eigenvalue weighted by molar-refractivity contribution is 5.93. The molecule has 0 saturated carbocycles. The van der Waals surface area contributed by atoms with Crippen molar-refractivity contribution in [2.24, 2.45) is 0 Å². The van der Waals surface area contributed by atoms with E-state index in [-0.39, 0.29) is 5.91 Å². The lowest BCUT2D eigenvalue weighted by Gasteiger charge is -2.11. The van der Waals surface area contributed by atoms with Crippen LogP contribution < -0.4 is 10.6 Å². The Labute approximate surface area is 111 Å². The Kier molecular flexibility index (Phi) is 3.94. The van der Waals surface area contributed by atoms with Crippen LogP contribution in [-0.4, -0.2) is 24.0 Å². The van der Waals surface area contributed by atoms with E-state index in [1.165, 1.54) is 6.92 Å². The molecule has 19 heavy (non-hydrogen) atoms. The van der Waals surface area contributed by atoms with E-state index in [4.69, 9.17) is 5.26 Å². The summed E-state index contributed by atoms with van der Waals surface area (Å²) in [6.45, 7) is 2.54. The number of carbonyl (C=O) groups is 1. The summed E-state index contributed by atoms with van der Waals surface area (Å²) >= 11 is 0. The molecule has 0 fully saturated rings. The predicted molar refractivity (Wildman–Crippen MR) is 73.6 cm³/mol. The smallest absolute Gasteiger partial charge is 0.216 e. The van der Waals surface area contributed by atoms with Crippen LogP contribution in [0, 0.1) is 11.3 Å². The lowest BCUT2D eigenvalue weighted by Crippen LogP contribution is -2.26. The molecule has 0 saturated heterocycles. The van der Waals surface area contributed by atoms with E-state index in [1.807, 2.05) is 24.3 Å². The van der Waals surface area contributed by atoms with Crippen molar-refractivity contribution in [2.75, 3.05) is 18.4 Å². The lowest BCUT2D eigenvalue weighted by molar-refractivity contribution is -0.118. The van der Waals surface area contributed by atoms with Gasteiger partial charge in [-0.15, -0.1) is 0 Å². The van der Waals surface area contributed by atoms with Crippen molar-refractivity contribution < 1.29 is 4.79 Å². The average Bonchev–Trinajstić information content (AvgIpc) is 2.43. The van der Waals surface area contributed by atoms with E-state index in [9.17, 15) is 4.79 Å². The van der Waals surface area contributed by atoms with E-state index in [0.717, 1.165) is 16.6 Å². The van der Waals surface area contributed by atoms with Crippen molar-refractivity contribution in [3.8, 4) is 6.07 Å². The first-order valence-corrected chi connectivity index (χ1v) is 5.98. The minimum Gasteiger partial charge on any atom is -0.382 e. The van der Waals surface area contributed by atoms with Gasteiger partial charge in [-0.3, -0.25) is 9.78 Å². The standard InChI is InChI=1S/C14H14N4O/c1-10(19)16-6-7-17-14-11(8-15)9-18-13-5-3-2-4-12(13)14/h2-5,9H,6-7H2,1H3,(H,16,19)(H,17,18). The number of pyridine rings is 1. The highest BCUT2D eigenvalue weighted by Gasteiger charge is 2.07. The molecule has 0 spiro atoms. The highest BCUT2D eigenvalue weighted by Crippen LogP contribution is 2.24. The molecule has 5 heteroatoms. The number of nitrogens with one attached hydrogen (secondary N) is 2. The molecular formula is C14H14N4O. The van der Waals surface area contributed by atoms with Crippen molar-refractivity contribution in [3.05, 3.63) is 36.0 Å². The first kappa shape index (κ1) is 12.8. The zero-order chi connectivity index (χ0) is 13.7. The Hall–Kier alpha value is -2.61. The largest absolute Gasteiger partial charge is 0.382 e. The summed E-state index contributed by atoms with van der Waals surface area (Å²) < 4.78 is 0. The quantitative estimate of drug-likeness (QED) is 0.813. The fourth-order valence-electron chi connectivity index (χ4n) is 1.84. The molecule has 5 nitrogen and oxygen atoms in total. The van der Waals surface area contributed by atoms with Crippen LogP contribution in [0.25, 0.3) is 10.9 Å². The van der Waals surface area contributed by atoms with Crippen LogP contribution in [0.4, 0.5) is 5.69 Å². The molecule has 1 aromatic carbocycles. The summed E-state index contributed by atoms with van der Waals surface area (Å²) in [5.41, 5.74) is 2.10. The van der Waals surface area contributed by atoms with Gasteiger partial charge in [0.2, 0.25) is 5.91 Å². The number of nitrogens with zero attached hydrogens (tertiary/aromatic N) is 2. The van der Waals surface area contributed by atoms with Gasteiger partial charge < -0.3 is 10.6 Å². The molecule has 2 rings (SSSR count). The summed E-state index contributed by atoms with van der Waals surface area (Å²) in [6.07, 6.45) is 1.56. The van der Waals surface area contributed by atoms with E-state index in [1.54, 1.807) is 6.20 Å². The summed E-state index contributed by atoms with van der Waals surface area (Å²) in [5.74, 6) is -0.0677. The van der Waals surface area contributed by atoms with Gasteiger partial charge in [0.15, 0.2) is 0 Å². The summed E-state index contributed by atoms with van der Waals surface area (Å²) in [5, 5.41) is 15.9. The molecule has 0 aliphatic carbocycles. The minimum absolute atomic E-state index is 0.0677. The molecule has 0 aliphatic rings. The highest BCUT2D eigenvalue weighted by atomic mass is 16.1. The number of carbonyl (C=O) groups excluding carboxylic acids is 1. The van der Waals surface area contributed by atoms with Gasteiger partial charge in [-0.2, -0.15) is 5.26 Å². The topological polar surface area (TPSA) is 77.8 Å². The molecular weight excluding hydrogens is 240 g/mol. The summed E-state index contributed by atoms with van der Waals surface area (Å²) in [4.78, 5) is 15.0. The number of rotatable bonds is 4. The first-order valence-electron chi connectivity index (χ1n) is 5.98. The van der Waals surface area contributed by atoms with Crippen LogP contribution in [0.3, 0.4) is 0 Å². The fourth-order valence-corrected chi connectivity index (χ4v) is 1.84. The van der Waals surface area contributed by atoms with Crippen molar-refractivity contribution in [1.82, 2.24) is 10.3 Å². The van der Waals surface area contributed by atoms with Gasteiger partial charge in [-0.1, -0.05) is 18.2 Å². The number of amides is 1. The number of hydrogen-bond donors (Lipinski definition) is 2. The van der Waals surface area contributed by atoms with Gasteiger partial charge in [-0.25, -0.2) is 0 Å². The number of fused-ring (bicyclic) bond motifs is 1. The minimum atomic E-state index is -0.0677. The summed E-state index contributed by atoms with van der Waals surface area (Å²) in [7, 11) is 0. The van der Waals surface area contributed by atoms with E-state index in [2.05, 4.69) is 21.7 Å². The maximum absolute atomic E-state index is 10.8. The van der Waals surface area contributed by atoms with Crippen molar-refractivity contribution >= 4 is 22.5 Å². The predicted octanol–water partition coefficient (Wildman–Crippen LogP) is 1.65. The van der Waals surface area contributed by atoms with Crippen molar-refractivity contribution in [3.63, 3.8) is 0 Å². The van der Waals surface area contributed by atoms with Crippen LogP contribution in [-0.2, 0) is 4.79 Å². The second-order valence-corrected chi connectivity index (χ2v) is 4.09. The van der Waals surface area contributed by atoms with E-state index >= 15 is 0 Å². The van der Waals surface area contributed by atoms with Crippen molar-refractivity contribution in [1.29, 1.82) is 5.26 Å². The van der Waals surface area contributed by atoms with Gasteiger partial charge in [0.25, 0.3) is 0 Å². The summed E-state index contributed by atoms with van der Waals surface area (Å²) in [6, 6.07) is 9.76. The molecule has 2 aromatic rings. The molecule has 2 N–H and O–H groups in total. The first-order chi connectivity index (χ1) is 9.22. The third kappa shape index (κ3) is 2.99. The number of hydrogen-bond acceptors (Lipinski definition) is 4. The van der Waals surface area contributed by atoms with Crippen LogP contribution in [0.1, 0.15) is 12.5 Å². The molecule has 0 aliphatic heterocycles. The molecule has 0 radical (unpaired) electrons. The Morgan fingerprint density at radius 2 is 2.16 bits per heavy atom. The SMILES string of the molecule is CC(=O)NCCNc1c(C#N)cnc2ccccc12. The number of para-hydroxylation sites is 1. The maximum Gasteiger partial charge on any atom is 0.216 e. The zero-order valence-electron chi connectivity index (χ0n) is 10.6. The van der Waals surface area contributed by atoms with Gasteiger partial charge in [0.1, 0.15) is 6.07 Å². The number of anilines is 1. The lowest BCUT2D eigenvalue weighted by atomic mass is 10.1. The van der Waals surface area contributed by atoms with Gasteiger partial charge in [0, 0.05) is 31.6 Å². The van der Waals surface area contributed by atoms with Crippen molar-refractivity contribution in [2.45, 2.75) is 6.92 Å². The van der Waals surface area contributed by atoms with Gasteiger partial charge in [0.05, 0.1) is 16.8 Å². The third-order valence-corrected chi connectivity index (χ3v) is 2.70. The molecule has 0 unspecified atom stereocenters. The molecule has 1 amide bonds. The second-order valence-electron chi connectivity index (χ2n) is 4.09. The normalized spacial score (nSPS) is 9.89. The van der Waals surface area contributed by atoms with Crippen LogP contribution in [0.15, 0.2) is 30.5 Å². The second kappa shape index (κ2) is 5.83. The zero-order valence-corrected chi connectivity index (χ0v) is 10.6. The molecule has 96 valence electrons. The van der Waals surface area contributed by atoms with Crippen LogP contribution in [0.2, 0.25) is 0 Å². The number of benzene rings is 1. The monoisotopic (exact) mass is 254 g/mol. The van der Waals surface area contributed by atoms with Gasteiger partial charge in [-0.05, 0) is 6.07 Å². The Morgan fingerprint density at radius 3 is 2.89 bits per heavy atom. The molecule has 1 heterocycles. The Bertz CT molecular complexity index is 645. The van der Waals surface area contributed by atoms with E-state index < -0.39 is 0 Å². The third-order valence-electron chi connectivity index (χ3n) is 2.70. The molecule has 1 aromatic heterocycles. The fraction of sp³-hybridized carbons (Fsp3) is 0.214. The number of nitriles is 1. The Balaban J connectivity index is 2.24. The average molecular weight is 254 g/mol. The molecule has 0 bridgehead atoms. The van der Waals surface area contributed by atoms with Gasteiger partial charge >= 0.3 is 0 Å². The van der Waals surface area contributed by atoms with Crippen LogP contribution >= 0.6 is 0 Å². The van der Waals surface area contributed by atoms with E-state index in [0.29, 0.717) is 18.7 Å². The maximum atomic E-state index is 10.8. The van der Waals surface area contributed by atoms with Crippen LogP contribution in [0.5, 0.6) is 0 Å². The molecule has 0 atom stereocenters.